The Morgan fingerprint density at radius 1 is 1.40 bits per heavy atom. The van der Waals surface area contributed by atoms with Gasteiger partial charge in [-0.1, -0.05) is 11.6 Å². The lowest BCUT2D eigenvalue weighted by atomic mass is 10.2. The molecule has 0 bridgehead atoms. The van der Waals surface area contributed by atoms with Gasteiger partial charge in [-0.25, -0.2) is 9.78 Å². The fourth-order valence-electron chi connectivity index (χ4n) is 1.69. The minimum atomic E-state index is -0.490. The lowest BCUT2D eigenvalue weighted by molar-refractivity contribution is -0.0244. The molecule has 1 aliphatic heterocycles. The van der Waals surface area contributed by atoms with Crippen molar-refractivity contribution in [2.45, 2.75) is 39.4 Å². The Balaban J connectivity index is 1.83. The number of nitrogens with zero attached hydrogens (tertiary/aromatic N) is 3. The van der Waals surface area contributed by atoms with E-state index in [0.29, 0.717) is 18.2 Å². The molecule has 0 radical (unpaired) electrons. The van der Waals surface area contributed by atoms with Crippen LogP contribution in [0.25, 0.3) is 0 Å². The zero-order valence-corrected chi connectivity index (χ0v) is 12.8. The highest BCUT2D eigenvalue weighted by Gasteiger charge is 2.35. The Kier molecular flexibility index (Phi) is 4.04. The Morgan fingerprint density at radius 2 is 2.05 bits per heavy atom. The van der Waals surface area contributed by atoms with Gasteiger partial charge in [0.25, 0.3) is 0 Å². The van der Waals surface area contributed by atoms with E-state index in [1.54, 1.807) is 11.0 Å². The lowest BCUT2D eigenvalue weighted by Crippen LogP contribution is -2.57. The van der Waals surface area contributed by atoms with Gasteiger partial charge in [0.2, 0.25) is 0 Å². The number of aromatic nitrogens is 2. The molecule has 0 spiro atoms. The van der Waals surface area contributed by atoms with Gasteiger partial charge < -0.3 is 14.4 Å². The van der Waals surface area contributed by atoms with Crippen LogP contribution in [-0.4, -0.2) is 45.8 Å². The minimum absolute atomic E-state index is 0.125. The van der Waals surface area contributed by atoms with Crippen LogP contribution >= 0.6 is 11.6 Å². The highest BCUT2D eigenvalue weighted by Crippen LogP contribution is 2.19. The molecule has 0 aliphatic carbocycles. The zero-order valence-electron chi connectivity index (χ0n) is 12.0. The fourth-order valence-corrected chi connectivity index (χ4v) is 1.92. The first-order valence-electron chi connectivity index (χ1n) is 6.39. The summed E-state index contributed by atoms with van der Waals surface area (Å²) in [5.41, 5.74) is 0.249. The predicted octanol–water partition coefficient (Wildman–Crippen LogP) is 2.44. The van der Waals surface area contributed by atoms with E-state index < -0.39 is 5.60 Å². The first-order valence-corrected chi connectivity index (χ1v) is 6.76. The lowest BCUT2D eigenvalue weighted by Gasteiger charge is -2.38. The fraction of sp³-hybridized carbons (Fsp3) is 0.615. The number of hydrogen-bond donors (Lipinski definition) is 0. The van der Waals surface area contributed by atoms with Crippen molar-refractivity contribution < 1.29 is 14.3 Å². The zero-order chi connectivity index (χ0) is 14.9. The maximum absolute atomic E-state index is 11.7. The molecule has 1 aromatic rings. The Labute approximate surface area is 123 Å². The molecule has 1 aromatic heterocycles. The second-order valence-corrected chi connectivity index (χ2v) is 6.13. The second kappa shape index (κ2) is 5.44. The first-order chi connectivity index (χ1) is 9.23. The molecule has 0 atom stereocenters. The SMILES string of the molecule is Cc1cc(Cl)nc(OC2CN(C(=O)OC(C)(C)C)C2)n1. The van der Waals surface area contributed by atoms with Crippen LogP contribution < -0.4 is 4.74 Å². The Morgan fingerprint density at radius 3 is 2.60 bits per heavy atom. The molecule has 6 nitrogen and oxygen atoms in total. The van der Waals surface area contributed by atoms with Crippen molar-refractivity contribution in [3.8, 4) is 6.01 Å². The van der Waals surface area contributed by atoms with Crippen molar-refractivity contribution in [1.29, 1.82) is 0 Å². The van der Waals surface area contributed by atoms with E-state index in [4.69, 9.17) is 21.1 Å². The van der Waals surface area contributed by atoms with E-state index in [1.807, 2.05) is 27.7 Å². The number of aryl methyl sites for hydroxylation is 1. The highest BCUT2D eigenvalue weighted by atomic mass is 35.5. The number of ether oxygens (including phenoxy) is 2. The molecule has 1 fully saturated rings. The summed E-state index contributed by atoms with van der Waals surface area (Å²) >= 11 is 5.83. The van der Waals surface area contributed by atoms with E-state index in [0.717, 1.165) is 5.69 Å². The number of amides is 1. The third-order valence-corrected chi connectivity index (χ3v) is 2.77. The van der Waals surface area contributed by atoms with E-state index in [9.17, 15) is 4.79 Å². The maximum Gasteiger partial charge on any atom is 0.410 e. The molecule has 1 amide bonds. The number of hydrogen-bond acceptors (Lipinski definition) is 5. The van der Waals surface area contributed by atoms with Gasteiger partial charge >= 0.3 is 12.1 Å². The smallest absolute Gasteiger partial charge is 0.410 e. The molecule has 20 heavy (non-hydrogen) atoms. The molecule has 0 aromatic carbocycles. The summed E-state index contributed by atoms with van der Waals surface area (Å²) in [5.74, 6) is 0. The Hall–Kier alpha value is -1.56. The van der Waals surface area contributed by atoms with Crippen molar-refractivity contribution in [3.05, 3.63) is 16.9 Å². The van der Waals surface area contributed by atoms with Gasteiger partial charge in [0.1, 0.15) is 16.9 Å². The molecule has 2 heterocycles. The number of likely N-dealkylation sites (tertiary alicyclic amines) is 1. The van der Waals surface area contributed by atoms with Crippen LogP contribution in [0.15, 0.2) is 6.07 Å². The topological polar surface area (TPSA) is 64.5 Å². The Bertz CT molecular complexity index is 490. The summed E-state index contributed by atoms with van der Waals surface area (Å²) in [6.07, 6.45) is -0.457. The number of rotatable bonds is 2. The van der Waals surface area contributed by atoms with Crippen molar-refractivity contribution in [3.63, 3.8) is 0 Å². The summed E-state index contributed by atoms with van der Waals surface area (Å²) in [6, 6.07) is 1.89. The van der Waals surface area contributed by atoms with Gasteiger partial charge in [-0.2, -0.15) is 4.98 Å². The summed E-state index contributed by atoms with van der Waals surface area (Å²) in [4.78, 5) is 21.4. The van der Waals surface area contributed by atoms with Crippen molar-refractivity contribution in [2.75, 3.05) is 13.1 Å². The van der Waals surface area contributed by atoms with Crippen LogP contribution in [0.2, 0.25) is 5.15 Å². The van der Waals surface area contributed by atoms with E-state index in [2.05, 4.69) is 9.97 Å². The van der Waals surface area contributed by atoms with Crippen LogP contribution in [0.3, 0.4) is 0 Å². The predicted molar refractivity (Wildman–Crippen MR) is 74.0 cm³/mol. The molecule has 2 rings (SSSR count). The number of carbonyl (C=O) groups is 1. The average Bonchev–Trinajstić information content (AvgIpc) is 2.18. The van der Waals surface area contributed by atoms with Crippen LogP contribution in [-0.2, 0) is 4.74 Å². The standard InChI is InChI=1S/C13H18ClN3O3/c1-8-5-10(14)16-11(15-8)19-9-6-17(7-9)12(18)20-13(2,3)4/h5,9H,6-7H2,1-4H3. The van der Waals surface area contributed by atoms with Gasteiger partial charge in [-0.3, -0.25) is 0 Å². The van der Waals surface area contributed by atoms with E-state index in [-0.39, 0.29) is 18.2 Å². The molecule has 1 saturated heterocycles. The monoisotopic (exact) mass is 299 g/mol. The van der Waals surface area contributed by atoms with E-state index in [1.165, 1.54) is 0 Å². The van der Waals surface area contributed by atoms with Gasteiger partial charge in [0.15, 0.2) is 0 Å². The van der Waals surface area contributed by atoms with E-state index >= 15 is 0 Å². The average molecular weight is 300 g/mol. The van der Waals surface area contributed by atoms with Crippen molar-refractivity contribution in [1.82, 2.24) is 14.9 Å². The molecule has 7 heteroatoms. The van der Waals surface area contributed by atoms with Crippen LogP contribution in [0, 0.1) is 6.92 Å². The minimum Gasteiger partial charge on any atom is -0.456 e. The van der Waals surface area contributed by atoms with Gasteiger partial charge in [-0.05, 0) is 33.8 Å². The third-order valence-electron chi connectivity index (χ3n) is 2.57. The van der Waals surface area contributed by atoms with Crippen LogP contribution in [0.4, 0.5) is 4.79 Å². The molecule has 0 unspecified atom stereocenters. The number of carbonyl (C=O) groups excluding carboxylic acids is 1. The quantitative estimate of drug-likeness (QED) is 0.785. The molecular formula is C13H18ClN3O3. The second-order valence-electron chi connectivity index (χ2n) is 5.74. The van der Waals surface area contributed by atoms with Gasteiger partial charge in [-0.15, -0.1) is 0 Å². The van der Waals surface area contributed by atoms with Gasteiger partial charge in [0.05, 0.1) is 13.1 Å². The van der Waals surface area contributed by atoms with Gasteiger partial charge in [0, 0.05) is 5.69 Å². The summed E-state index contributed by atoms with van der Waals surface area (Å²) in [6.45, 7) is 8.24. The normalized spacial score (nSPS) is 15.8. The maximum atomic E-state index is 11.7. The highest BCUT2D eigenvalue weighted by molar-refractivity contribution is 6.29. The molecule has 0 saturated carbocycles. The van der Waals surface area contributed by atoms with Crippen molar-refractivity contribution >= 4 is 17.7 Å². The summed E-state index contributed by atoms with van der Waals surface area (Å²) in [7, 11) is 0. The molecule has 110 valence electrons. The number of halogens is 1. The molecule has 1 aliphatic rings. The largest absolute Gasteiger partial charge is 0.456 e. The summed E-state index contributed by atoms with van der Waals surface area (Å²) in [5, 5.41) is 0.343. The van der Waals surface area contributed by atoms with Crippen molar-refractivity contribution in [2.24, 2.45) is 0 Å². The first kappa shape index (κ1) is 14.8. The third kappa shape index (κ3) is 3.96. The van der Waals surface area contributed by atoms with Crippen LogP contribution in [0.5, 0.6) is 6.01 Å². The molecular weight excluding hydrogens is 282 g/mol. The van der Waals surface area contributed by atoms with Crippen LogP contribution in [0.1, 0.15) is 26.5 Å². The molecule has 0 N–H and O–H groups in total. The summed E-state index contributed by atoms with van der Waals surface area (Å²) < 4.78 is 10.8.